The third kappa shape index (κ3) is 5.55. The zero-order chi connectivity index (χ0) is 18.0. The number of nitrogens with zero attached hydrogens (tertiary/aromatic N) is 1. The lowest BCUT2D eigenvalue weighted by atomic mass is 10.0. The van der Waals surface area contributed by atoms with Crippen molar-refractivity contribution < 1.29 is 30.0 Å². The van der Waals surface area contributed by atoms with Gasteiger partial charge < -0.3 is 4.90 Å². The molecule has 24 heavy (non-hydrogen) atoms. The number of benzene rings is 1. The molecule has 0 aliphatic carbocycles. The lowest BCUT2D eigenvalue weighted by molar-refractivity contribution is -0.000576. The molecule has 1 aromatic carbocycles. The van der Waals surface area contributed by atoms with Gasteiger partial charge in [-0.3, -0.25) is 13.2 Å². The van der Waals surface area contributed by atoms with Gasteiger partial charge in [-0.05, 0) is 18.6 Å². The summed E-state index contributed by atoms with van der Waals surface area (Å²) in [5.41, 5.74) is 0.457. The summed E-state index contributed by atoms with van der Waals surface area (Å²) in [4.78, 5) is 13.9. The van der Waals surface area contributed by atoms with Gasteiger partial charge in [0.25, 0.3) is 26.1 Å². The van der Waals surface area contributed by atoms with E-state index in [-0.39, 0.29) is 25.4 Å². The van der Waals surface area contributed by atoms with E-state index in [9.17, 15) is 21.6 Å². The molecule has 134 valence electrons. The summed E-state index contributed by atoms with van der Waals surface area (Å²) in [6, 6.07) is 8.51. The highest BCUT2D eigenvalue weighted by atomic mass is 32.2. The molecule has 1 aliphatic rings. The Morgan fingerprint density at radius 1 is 1.00 bits per heavy atom. The first kappa shape index (κ1) is 18.8. The average Bonchev–Trinajstić information content (AvgIpc) is 2.46. The van der Waals surface area contributed by atoms with Gasteiger partial charge in [-0.25, -0.2) is 0 Å². The maximum Gasteiger partial charge on any atom is 0.264 e. The molecule has 1 amide bonds. The molecule has 0 radical (unpaired) electrons. The van der Waals surface area contributed by atoms with Crippen molar-refractivity contribution in [1.29, 1.82) is 0 Å². The van der Waals surface area contributed by atoms with Crippen LogP contribution in [0.5, 0.6) is 0 Å². The highest BCUT2D eigenvalue weighted by molar-refractivity contribution is 7.86. The molecule has 1 fully saturated rings. The van der Waals surface area contributed by atoms with E-state index in [4.69, 9.17) is 8.37 Å². The van der Waals surface area contributed by atoms with E-state index in [0.717, 1.165) is 12.5 Å². The molecular formula is C14H19NO7S2. The van der Waals surface area contributed by atoms with E-state index in [2.05, 4.69) is 0 Å². The van der Waals surface area contributed by atoms with Crippen LogP contribution >= 0.6 is 0 Å². The normalized spacial score (nSPS) is 22.3. The van der Waals surface area contributed by atoms with Gasteiger partial charge in [-0.2, -0.15) is 16.8 Å². The first-order valence-corrected chi connectivity index (χ1v) is 10.8. The molecule has 2 atom stereocenters. The van der Waals surface area contributed by atoms with Crippen LogP contribution in [0, 0.1) is 0 Å². The van der Waals surface area contributed by atoms with Crippen LogP contribution in [0.3, 0.4) is 0 Å². The van der Waals surface area contributed by atoms with Crippen LogP contribution in [-0.4, -0.2) is 65.5 Å². The van der Waals surface area contributed by atoms with Crippen LogP contribution in [0.25, 0.3) is 0 Å². The van der Waals surface area contributed by atoms with Gasteiger partial charge in [-0.15, -0.1) is 0 Å². The molecule has 1 aromatic rings. The van der Waals surface area contributed by atoms with Crippen LogP contribution in [0.4, 0.5) is 0 Å². The van der Waals surface area contributed by atoms with Crippen molar-refractivity contribution >= 4 is 26.1 Å². The lowest BCUT2D eigenvalue weighted by Gasteiger charge is -2.36. The van der Waals surface area contributed by atoms with Crippen molar-refractivity contribution in [3.8, 4) is 0 Å². The molecule has 10 heteroatoms. The van der Waals surface area contributed by atoms with Crippen LogP contribution in [0.1, 0.15) is 16.8 Å². The molecule has 2 rings (SSSR count). The molecule has 0 saturated carbocycles. The molecule has 0 bridgehead atoms. The second kappa shape index (κ2) is 7.18. The number of piperidine rings is 1. The summed E-state index contributed by atoms with van der Waals surface area (Å²) >= 11 is 0. The minimum absolute atomic E-state index is 0.0824. The smallest absolute Gasteiger partial charge is 0.264 e. The van der Waals surface area contributed by atoms with Crippen LogP contribution in [-0.2, 0) is 28.6 Å². The molecule has 8 nitrogen and oxygen atoms in total. The zero-order valence-electron chi connectivity index (χ0n) is 13.3. The van der Waals surface area contributed by atoms with Gasteiger partial charge in [-0.1, -0.05) is 18.2 Å². The topological polar surface area (TPSA) is 107 Å². The Balaban J connectivity index is 2.18. The van der Waals surface area contributed by atoms with Crippen molar-refractivity contribution in [2.75, 3.05) is 25.6 Å². The van der Waals surface area contributed by atoms with Gasteiger partial charge in [0.1, 0.15) is 12.2 Å². The number of amides is 1. The first-order chi connectivity index (χ1) is 11.1. The third-order valence-electron chi connectivity index (χ3n) is 3.40. The molecular weight excluding hydrogens is 358 g/mol. The van der Waals surface area contributed by atoms with Crippen molar-refractivity contribution in [2.45, 2.75) is 18.6 Å². The Bertz CT molecular complexity index is 790. The highest BCUT2D eigenvalue weighted by Crippen LogP contribution is 2.22. The number of carbonyl (C=O) groups is 1. The minimum Gasteiger partial charge on any atom is -0.336 e. The quantitative estimate of drug-likeness (QED) is 0.676. The summed E-state index contributed by atoms with van der Waals surface area (Å²) < 4.78 is 55.4. The van der Waals surface area contributed by atoms with E-state index in [1.807, 2.05) is 0 Å². The van der Waals surface area contributed by atoms with E-state index in [1.165, 1.54) is 4.90 Å². The number of hydrogen-bond acceptors (Lipinski definition) is 7. The Morgan fingerprint density at radius 3 is 2.08 bits per heavy atom. The zero-order valence-corrected chi connectivity index (χ0v) is 14.9. The summed E-state index contributed by atoms with van der Waals surface area (Å²) in [6.45, 7) is 0.151. The number of likely N-dealkylation sites (tertiary alicyclic amines) is 1. The van der Waals surface area contributed by atoms with E-state index in [1.54, 1.807) is 30.3 Å². The highest BCUT2D eigenvalue weighted by Gasteiger charge is 2.37. The lowest BCUT2D eigenvalue weighted by Crippen LogP contribution is -2.52. The van der Waals surface area contributed by atoms with E-state index in [0.29, 0.717) is 5.56 Å². The minimum atomic E-state index is -3.84. The summed E-state index contributed by atoms with van der Waals surface area (Å²) in [5, 5.41) is 0. The maximum atomic E-state index is 12.5. The Hall–Kier alpha value is -1.49. The molecule has 0 spiro atoms. The Labute approximate surface area is 141 Å². The van der Waals surface area contributed by atoms with Gasteiger partial charge in [0.2, 0.25) is 0 Å². The van der Waals surface area contributed by atoms with Crippen LogP contribution in [0.15, 0.2) is 30.3 Å². The predicted octanol–water partition coefficient (Wildman–Crippen LogP) is 0.222. The largest absolute Gasteiger partial charge is 0.336 e. The van der Waals surface area contributed by atoms with E-state index >= 15 is 0 Å². The molecule has 0 aromatic heterocycles. The maximum absolute atomic E-state index is 12.5. The van der Waals surface area contributed by atoms with E-state index < -0.39 is 32.4 Å². The molecule has 0 N–H and O–H groups in total. The van der Waals surface area contributed by atoms with Gasteiger partial charge in [0.05, 0.1) is 19.1 Å². The predicted molar refractivity (Wildman–Crippen MR) is 86.4 cm³/mol. The Morgan fingerprint density at radius 2 is 1.54 bits per heavy atom. The average molecular weight is 377 g/mol. The monoisotopic (exact) mass is 377 g/mol. The van der Waals surface area contributed by atoms with Crippen LogP contribution in [0.2, 0.25) is 0 Å². The molecule has 0 unspecified atom stereocenters. The van der Waals surface area contributed by atoms with Crippen molar-refractivity contribution in [3.63, 3.8) is 0 Å². The Kier molecular flexibility index (Phi) is 5.63. The number of carbonyl (C=O) groups excluding carboxylic acids is 1. The summed E-state index contributed by atoms with van der Waals surface area (Å²) in [5.74, 6) is -0.282. The van der Waals surface area contributed by atoms with Gasteiger partial charge in [0, 0.05) is 12.1 Å². The molecule has 1 saturated heterocycles. The SMILES string of the molecule is CS(=O)(=O)O[C@@H]1CCN(C(=O)c2ccccc2)C[C@H]1OS(C)(=O)=O. The number of rotatable bonds is 5. The summed E-state index contributed by atoms with van der Waals surface area (Å²) in [6.07, 6.45) is -0.161. The van der Waals surface area contributed by atoms with Gasteiger partial charge >= 0.3 is 0 Å². The second-order valence-corrected chi connectivity index (χ2v) is 8.78. The first-order valence-electron chi connectivity index (χ1n) is 7.16. The fourth-order valence-electron chi connectivity index (χ4n) is 2.49. The molecule has 1 aliphatic heterocycles. The number of hydrogen-bond donors (Lipinski definition) is 0. The van der Waals surface area contributed by atoms with Crippen molar-refractivity contribution in [2.24, 2.45) is 0 Å². The molecule has 1 heterocycles. The van der Waals surface area contributed by atoms with Gasteiger partial charge in [0.15, 0.2) is 0 Å². The fourth-order valence-corrected chi connectivity index (χ4v) is 3.80. The van der Waals surface area contributed by atoms with Crippen LogP contribution < -0.4 is 0 Å². The standard InChI is InChI=1S/C14H19NO7S2/c1-23(17,18)21-12-8-9-15(10-13(12)22-24(2,19)20)14(16)11-6-4-3-5-7-11/h3-7,12-13H,8-10H2,1-2H3/t12-,13-/m1/s1. The summed E-state index contributed by atoms with van der Waals surface area (Å²) in [7, 11) is -7.62. The second-order valence-electron chi connectivity index (χ2n) is 5.58. The van der Waals surface area contributed by atoms with Crippen molar-refractivity contribution in [1.82, 2.24) is 4.90 Å². The third-order valence-corrected chi connectivity index (χ3v) is 4.60. The fraction of sp³-hybridized carbons (Fsp3) is 0.500. The van der Waals surface area contributed by atoms with Crippen molar-refractivity contribution in [3.05, 3.63) is 35.9 Å².